The number of carbonyl (C=O) groups is 2. The maximum Gasteiger partial charge on any atom is 0.339 e. The van der Waals surface area contributed by atoms with Gasteiger partial charge in [-0.25, -0.2) is 9.59 Å². The molecule has 0 aliphatic heterocycles. The Morgan fingerprint density at radius 2 is 1.56 bits per heavy atom. The summed E-state index contributed by atoms with van der Waals surface area (Å²) in [6, 6.07) is 2.92. The van der Waals surface area contributed by atoms with Gasteiger partial charge in [0.2, 0.25) is 0 Å². The highest BCUT2D eigenvalue weighted by Gasteiger charge is 2.16. The molecule has 16 heavy (non-hydrogen) atoms. The summed E-state index contributed by atoms with van der Waals surface area (Å²) in [5.41, 5.74) is 7.04. The van der Waals surface area contributed by atoms with Crippen molar-refractivity contribution in [3.63, 3.8) is 0 Å². The molecule has 0 bridgehead atoms. The third-order valence-electron chi connectivity index (χ3n) is 2.21. The molecule has 0 unspecified atom stereocenters. The van der Waals surface area contributed by atoms with Gasteiger partial charge in [0.25, 0.3) is 0 Å². The minimum Gasteiger partial charge on any atom is -0.465 e. The second-order valence-electron chi connectivity index (χ2n) is 3.24. The smallest absolute Gasteiger partial charge is 0.339 e. The van der Waals surface area contributed by atoms with Crippen molar-refractivity contribution in [3.05, 3.63) is 28.8 Å². The number of ether oxygens (including phenoxy) is 2. The molecule has 0 aliphatic carbocycles. The van der Waals surface area contributed by atoms with Crippen LogP contribution in [0.1, 0.15) is 26.3 Å². The van der Waals surface area contributed by atoms with Crippen LogP contribution < -0.4 is 5.73 Å². The molecule has 0 saturated carbocycles. The number of anilines is 1. The lowest BCUT2D eigenvalue weighted by atomic mass is 10.0. The van der Waals surface area contributed by atoms with Gasteiger partial charge in [-0.3, -0.25) is 0 Å². The van der Waals surface area contributed by atoms with Gasteiger partial charge in [-0.1, -0.05) is 0 Å². The molecule has 0 heterocycles. The van der Waals surface area contributed by atoms with Crippen molar-refractivity contribution < 1.29 is 19.1 Å². The van der Waals surface area contributed by atoms with Gasteiger partial charge in [-0.05, 0) is 24.6 Å². The van der Waals surface area contributed by atoms with Crippen LogP contribution in [0.15, 0.2) is 12.1 Å². The first-order valence-electron chi connectivity index (χ1n) is 4.58. The van der Waals surface area contributed by atoms with E-state index in [9.17, 15) is 9.59 Å². The molecule has 0 spiro atoms. The Kier molecular flexibility index (Phi) is 3.50. The SMILES string of the molecule is COC(=O)c1cc(N)c(C(=O)OC)cc1C. The monoisotopic (exact) mass is 223 g/mol. The van der Waals surface area contributed by atoms with E-state index in [1.165, 1.54) is 26.4 Å². The molecule has 0 aliphatic rings. The number of nitrogens with two attached hydrogens (primary N) is 1. The van der Waals surface area contributed by atoms with E-state index in [-0.39, 0.29) is 11.3 Å². The molecule has 1 aromatic rings. The first-order valence-corrected chi connectivity index (χ1v) is 4.58. The molecule has 0 atom stereocenters. The van der Waals surface area contributed by atoms with Crippen molar-refractivity contribution in [2.75, 3.05) is 20.0 Å². The van der Waals surface area contributed by atoms with Crippen LogP contribution in [0.5, 0.6) is 0 Å². The maximum absolute atomic E-state index is 11.3. The molecule has 2 N–H and O–H groups in total. The quantitative estimate of drug-likeness (QED) is 0.601. The molecule has 0 aromatic heterocycles. The second kappa shape index (κ2) is 4.65. The topological polar surface area (TPSA) is 78.6 Å². The van der Waals surface area contributed by atoms with Gasteiger partial charge in [-0.15, -0.1) is 0 Å². The van der Waals surface area contributed by atoms with E-state index in [0.29, 0.717) is 11.1 Å². The van der Waals surface area contributed by atoms with Crippen LogP contribution in [0.25, 0.3) is 0 Å². The van der Waals surface area contributed by atoms with Crippen molar-refractivity contribution in [1.29, 1.82) is 0 Å². The molecule has 0 amide bonds. The van der Waals surface area contributed by atoms with Crippen LogP contribution in [-0.2, 0) is 9.47 Å². The highest BCUT2D eigenvalue weighted by molar-refractivity contribution is 5.99. The van der Waals surface area contributed by atoms with E-state index in [4.69, 9.17) is 5.73 Å². The summed E-state index contributed by atoms with van der Waals surface area (Å²) in [4.78, 5) is 22.7. The summed E-state index contributed by atoms with van der Waals surface area (Å²) in [6.07, 6.45) is 0. The number of carbonyl (C=O) groups excluding carboxylic acids is 2. The fourth-order valence-electron chi connectivity index (χ4n) is 1.34. The summed E-state index contributed by atoms with van der Waals surface area (Å²) < 4.78 is 9.15. The minimum atomic E-state index is -0.531. The Morgan fingerprint density at radius 3 is 2.06 bits per heavy atom. The third kappa shape index (κ3) is 2.13. The highest BCUT2D eigenvalue weighted by Crippen LogP contribution is 2.20. The molecular weight excluding hydrogens is 210 g/mol. The van der Waals surface area contributed by atoms with E-state index >= 15 is 0 Å². The predicted octanol–water partition coefficient (Wildman–Crippen LogP) is 1.15. The molecule has 5 heteroatoms. The lowest BCUT2D eigenvalue weighted by Gasteiger charge is -2.09. The van der Waals surface area contributed by atoms with Crippen LogP contribution in [0.3, 0.4) is 0 Å². The number of hydrogen-bond acceptors (Lipinski definition) is 5. The fourth-order valence-corrected chi connectivity index (χ4v) is 1.34. The standard InChI is InChI=1S/C11H13NO4/c1-6-4-8(11(14)16-3)9(12)5-7(6)10(13)15-2/h4-5H,12H2,1-3H3. The van der Waals surface area contributed by atoms with Gasteiger partial charge >= 0.3 is 11.9 Å². The van der Waals surface area contributed by atoms with Crippen molar-refractivity contribution >= 4 is 17.6 Å². The van der Waals surface area contributed by atoms with Gasteiger partial charge in [0.1, 0.15) is 0 Å². The van der Waals surface area contributed by atoms with Crippen molar-refractivity contribution in [1.82, 2.24) is 0 Å². The van der Waals surface area contributed by atoms with Gasteiger partial charge in [0, 0.05) is 5.69 Å². The Hall–Kier alpha value is -2.04. The van der Waals surface area contributed by atoms with Gasteiger partial charge in [-0.2, -0.15) is 0 Å². The Morgan fingerprint density at radius 1 is 1.06 bits per heavy atom. The van der Waals surface area contributed by atoms with Crippen LogP contribution in [0.2, 0.25) is 0 Å². The predicted molar refractivity (Wildman–Crippen MR) is 58.3 cm³/mol. The number of esters is 2. The van der Waals surface area contributed by atoms with Crippen molar-refractivity contribution in [2.24, 2.45) is 0 Å². The molecule has 0 fully saturated rings. The summed E-state index contributed by atoms with van der Waals surface area (Å²) in [7, 11) is 2.55. The summed E-state index contributed by atoms with van der Waals surface area (Å²) >= 11 is 0. The highest BCUT2D eigenvalue weighted by atomic mass is 16.5. The van der Waals surface area contributed by atoms with Crippen LogP contribution in [-0.4, -0.2) is 26.2 Å². The van der Waals surface area contributed by atoms with E-state index in [1.807, 2.05) is 0 Å². The molecule has 5 nitrogen and oxygen atoms in total. The summed E-state index contributed by atoms with van der Waals surface area (Å²) in [6.45, 7) is 1.69. The first-order chi connectivity index (χ1) is 7.51. The Bertz CT molecular complexity index is 398. The Labute approximate surface area is 93.1 Å². The normalized spacial score (nSPS) is 9.69. The third-order valence-corrected chi connectivity index (χ3v) is 2.21. The van der Waals surface area contributed by atoms with Crippen LogP contribution >= 0.6 is 0 Å². The van der Waals surface area contributed by atoms with Crippen molar-refractivity contribution in [2.45, 2.75) is 6.92 Å². The van der Waals surface area contributed by atoms with Gasteiger partial charge < -0.3 is 15.2 Å². The zero-order valence-corrected chi connectivity index (χ0v) is 9.37. The van der Waals surface area contributed by atoms with Crippen molar-refractivity contribution in [3.8, 4) is 0 Å². The number of nitrogen functional groups attached to an aromatic ring is 1. The molecule has 86 valence electrons. The number of aryl methyl sites for hydroxylation is 1. The molecule has 1 aromatic carbocycles. The molecule has 0 saturated heterocycles. The zero-order chi connectivity index (χ0) is 12.3. The van der Waals surface area contributed by atoms with Gasteiger partial charge in [0.05, 0.1) is 25.3 Å². The second-order valence-corrected chi connectivity index (χ2v) is 3.24. The van der Waals surface area contributed by atoms with E-state index in [0.717, 1.165) is 0 Å². The van der Waals surface area contributed by atoms with Crippen LogP contribution in [0.4, 0.5) is 5.69 Å². The summed E-state index contributed by atoms with van der Waals surface area (Å²) in [5, 5.41) is 0. The zero-order valence-electron chi connectivity index (χ0n) is 9.37. The van der Waals surface area contributed by atoms with Gasteiger partial charge in [0.15, 0.2) is 0 Å². The fraction of sp³-hybridized carbons (Fsp3) is 0.273. The number of hydrogen-bond donors (Lipinski definition) is 1. The van der Waals surface area contributed by atoms with E-state index in [2.05, 4.69) is 9.47 Å². The Balaban J connectivity index is 3.27. The number of rotatable bonds is 2. The lowest BCUT2D eigenvalue weighted by molar-refractivity contribution is 0.0587. The maximum atomic E-state index is 11.3. The number of methoxy groups -OCH3 is 2. The number of benzene rings is 1. The largest absolute Gasteiger partial charge is 0.465 e. The first kappa shape index (κ1) is 12.0. The lowest BCUT2D eigenvalue weighted by Crippen LogP contribution is -2.10. The van der Waals surface area contributed by atoms with Crippen LogP contribution in [0, 0.1) is 6.92 Å². The molecule has 1 rings (SSSR count). The minimum absolute atomic E-state index is 0.192. The molecular formula is C11H13NO4. The average Bonchev–Trinajstić information content (AvgIpc) is 2.29. The molecule has 0 radical (unpaired) electrons. The van der Waals surface area contributed by atoms with E-state index < -0.39 is 11.9 Å². The average molecular weight is 223 g/mol. The van der Waals surface area contributed by atoms with E-state index in [1.54, 1.807) is 6.92 Å². The summed E-state index contributed by atoms with van der Waals surface area (Å²) in [5.74, 6) is -1.02.